The van der Waals surface area contributed by atoms with Crippen molar-refractivity contribution in [2.75, 3.05) is 12.8 Å². The van der Waals surface area contributed by atoms with Crippen molar-refractivity contribution in [2.45, 2.75) is 45.4 Å². The van der Waals surface area contributed by atoms with Gasteiger partial charge in [0.25, 0.3) is 0 Å². The highest BCUT2D eigenvalue weighted by Gasteiger charge is 2.24. The number of nitrogens with one attached hydrogen (secondary N) is 1. The molecule has 1 N–H and O–H groups in total. The Morgan fingerprint density at radius 1 is 1.28 bits per heavy atom. The summed E-state index contributed by atoms with van der Waals surface area (Å²) in [6, 6.07) is 6.60. The molecule has 102 valence electrons. The second-order valence-electron chi connectivity index (χ2n) is 5.83. The molecule has 0 amide bonds. The van der Waals surface area contributed by atoms with E-state index in [1.54, 1.807) is 0 Å². The fourth-order valence-electron chi connectivity index (χ4n) is 1.87. The Balaban J connectivity index is 2.97. The van der Waals surface area contributed by atoms with E-state index in [1.165, 1.54) is 16.7 Å². The molecule has 1 rings (SSSR count). The lowest BCUT2D eigenvalue weighted by molar-refractivity contribution is 0.612. The van der Waals surface area contributed by atoms with Gasteiger partial charge in [0.1, 0.15) is 0 Å². The molecule has 2 nitrogen and oxygen atoms in total. The van der Waals surface area contributed by atoms with Gasteiger partial charge >= 0.3 is 0 Å². The molecule has 3 heteroatoms. The zero-order chi connectivity index (χ0) is 13.9. The van der Waals surface area contributed by atoms with Crippen LogP contribution in [0.1, 0.15) is 43.5 Å². The third-order valence-electron chi connectivity index (χ3n) is 3.16. The van der Waals surface area contributed by atoms with Gasteiger partial charge in [-0.2, -0.15) is 0 Å². The number of hydrogen-bond acceptors (Lipinski definition) is 2. The molecule has 0 heterocycles. The van der Waals surface area contributed by atoms with E-state index in [0.29, 0.717) is 5.75 Å². The summed E-state index contributed by atoms with van der Waals surface area (Å²) in [4.78, 5) is 0. The highest BCUT2D eigenvalue weighted by molar-refractivity contribution is 7.86. The van der Waals surface area contributed by atoms with E-state index in [0.717, 1.165) is 0 Å². The van der Waals surface area contributed by atoms with Gasteiger partial charge in [-0.1, -0.05) is 23.8 Å². The summed E-state index contributed by atoms with van der Waals surface area (Å²) in [5, 5.41) is 3.30. The number of hydrogen-bond donors (Lipinski definition) is 1. The normalized spacial score (nSPS) is 15.4. The summed E-state index contributed by atoms with van der Waals surface area (Å²) in [5.74, 6) is 0.657. The molecule has 0 saturated heterocycles. The van der Waals surface area contributed by atoms with Crippen molar-refractivity contribution < 1.29 is 4.21 Å². The minimum absolute atomic E-state index is 0.157. The predicted octanol–water partition coefficient (Wildman–Crippen LogP) is 3.11. The second-order valence-corrected chi connectivity index (χ2v) is 8.07. The van der Waals surface area contributed by atoms with Crippen molar-refractivity contribution in [3.8, 4) is 0 Å². The van der Waals surface area contributed by atoms with Gasteiger partial charge in [-0.3, -0.25) is 4.21 Å². The van der Waals surface area contributed by atoms with Gasteiger partial charge in [0, 0.05) is 27.3 Å². The minimum Gasteiger partial charge on any atom is -0.312 e. The fraction of sp³-hybridized carbons (Fsp3) is 0.600. The smallest absolute Gasteiger partial charge is 0.0437 e. The topological polar surface area (TPSA) is 29.1 Å². The van der Waals surface area contributed by atoms with E-state index in [2.05, 4.69) is 37.4 Å². The van der Waals surface area contributed by atoms with E-state index in [-0.39, 0.29) is 10.8 Å². The molecule has 0 bridgehead atoms. The SMILES string of the molecule is CNC(CS(=O)C(C)(C)C)c1cc(C)ccc1C. The summed E-state index contributed by atoms with van der Waals surface area (Å²) >= 11 is 0. The summed E-state index contributed by atoms with van der Waals surface area (Å²) in [7, 11) is 1.09. The van der Waals surface area contributed by atoms with Crippen LogP contribution in [0.3, 0.4) is 0 Å². The Labute approximate surface area is 114 Å². The van der Waals surface area contributed by atoms with Crippen LogP contribution in [0.4, 0.5) is 0 Å². The van der Waals surface area contributed by atoms with E-state index in [4.69, 9.17) is 0 Å². The third kappa shape index (κ3) is 3.92. The summed E-state index contributed by atoms with van der Waals surface area (Å²) in [6.07, 6.45) is 0. The van der Waals surface area contributed by atoms with Crippen LogP contribution in [-0.4, -0.2) is 21.8 Å². The summed E-state index contributed by atoms with van der Waals surface area (Å²) in [6.45, 7) is 10.3. The van der Waals surface area contributed by atoms with Crippen molar-refractivity contribution in [2.24, 2.45) is 0 Å². The van der Waals surface area contributed by atoms with Gasteiger partial charge in [0.2, 0.25) is 0 Å². The monoisotopic (exact) mass is 267 g/mol. The van der Waals surface area contributed by atoms with Crippen molar-refractivity contribution in [3.63, 3.8) is 0 Å². The van der Waals surface area contributed by atoms with E-state index in [1.807, 2.05) is 27.8 Å². The summed E-state index contributed by atoms with van der Waals surface area (Å²) < 4.78 is 12.1. The average molecular weight is 267 g/mol. The van der Waals surface area contributed by atoms with Crippen LogP contribution in [0.15, 0.2) is 18.2 Å². The Bertz CT molecular complexity index is 435. The molecule has 0 radical (unpaired) electrons. The standard InChI is InChI=1S/C15H25NOS/c1-11-7-8-12(2)13(9-11)14(16-6)10-18(17)15(3,4)5/h7-9,14,16H,10H2,1-6H3. The molecular formula is C15H25NOS. The molecule has 0 saturated carbocycles. The lowest BCUT2D eigenvalue weighted by Gasteiger charge is -2.24. The van der Waals surface area contributed by atoms with Crippen LogP contribution in [0, 0.1) is 13.8 Å². The number of benzene rings is 1. The zero-order valence-electron chi connectivity index (χ0n) is 12.3. The maximum Gasteiger partial charge on any atom is 0.0437 e. The zero-order valence-corrected chi connectivity index (χ0v) is 13.1. The van der Waals surface area contributed by atoms with Crippen molar-refractivity contribution >= 4 is 10.8 Å². The fourth-order valence-corrected chi connectivity index (χ4v) is 3.01. The molecule has 0 aliphatic rings. The van der Waals surface area contributed by atoms with Gasteiger partial charge in [-0.15, -0.1) is 0 Å². The van der Waals surface area contributed by atoms with E-state index in [9.17, 15) is 4.21 Å². The van der Waals surface area contributed by atoms with Gasteiger partial charge in [0.15, 0.2) is 0 Å². The predicted molar refractivity (Wildman–Crippen MR) is 80.5 cm³/mol. The maximum atomic E-state index is 12.3. The van der Waals surface area contributed by atoms with Crippen LogP contribution >= 0.6 is 0 Å². The van der Waals surface area contributed by atoms with Crippen LogP contribution in [-0.2, 0) is 10.8 Å². The first kappa shape index (κ1) is 15.4. The largest absolute Gasteiger partial charge is 0.312 e. The number of rotatable bonds is 4. The first-order valence-electron chi connectivity index (χ1n) is 6.38. The lowest BCUT2D eigenvalue weighted by Crippen LogP contribution is -2.31. The first-order chi connectivity index (χ1) is 8.25. The quantitative estimate of drug-likeness (QED) is 0.908. The van der Waals surface area contributed by atoms with Gasteiger partial charge in [-0.05, 0) is 52.8 Å². The molecule has 0 aromatic heterocycles. The molecule has 2 unspecified atom stereocenters. The molecule has 1 aromatic rings. The van der Waals surface area contributed by atoms with Gasteiger partial charge in [-0.25, -0.2) is 0 Å². The van der Waals surface area contributed by atoms with Gasteiger partial charge < -0.3 is 5.32 Å². The molecule has 18 heavy (non-hydrogen) atoms. The van der Waals surface area contributed by atoms with Crippen molar-refractivity contribution in [3.05, 3.63) is 34.9 Å². The van der Waals surface area contributed by atoms with Gasteiger partial charge in [0.05, 0.1) is 0 Å². The Morgan fingerprint density at radius 3 is 2.39 bits per heavy atom. The molecule has 0 aliphatic heterocycles. The van der Waals surface area contributed by atoms with Crippen LogP contribution in [0.2, 0.25) is 0 Å². The minimum atomic E-state index is -0.845. The number of aryl methyl sites for hydroxylation is 2. The van der Waals surface area contributed by atoms with E-state index >= 15 is 0 Å². The molecule has 0 spiro atoms. The van der Waals surface area contributed by atoms with Crippen molar-refractivity contribution in [1.29, 1.82) is 0 Å². The Hall–Kier alpha value is -0.670. The molecule has 1 aromatic carbocycles. The third-order valence-corrected chi connectivity index (χ3v) is 5.16. The van der Waals surface area contributed by atoms with Crippen LogP contribution in [0.5, 0.6) is 0 Å². The van der Waals surface area contributed by atoms with Crippen LogP contribution < -0.4 is 5.32 Å². The average Bonchev–Trinajstić information content (AvgIpc) is 2.28. The van der Waals surface area contributed by atoms with Crippen molar-refractivity contribution in [1.82, 2.24) is 5.32 Å². The highest BCUT2D eigenvalue weighted by Crippen LogP contribution is 2.23. The van der Waals surface area contributed by atoms with E-state index < -0.39 is 10.8 Å². The molecule has 0 fully saturated rings. The van der Waals surface area contributed by atoms with Crippen LogP contribution in [0.25, 0.3) is 0 Å². The Kier molecular flexibility index (Phi) is 5.11. The molecule has 2 atom stereocenters. The maximum absolute atomic E-state index is 12.3. The lowest BCUT2D eigenvalue weighted by atomic mass is 10.0. The molecule has 0 aliphatic carbocycles. The second kappa shape index (κ2) is 5.98. The molecular weight excluding hydrogens is 242 g/mol. The first-order valence-corrected chi connectivity index (χ1v) is 7.70. The summed E-state index contributed by atoms with van der Waals surface area (Å²) in [5.41, 5.74) is 3.76. The highest BCUT2D eigenvalue weighted by atomic mass is 32.2. The Morgan fingerprint density at radius 2 is 1.89 bits per heavy atom.